The molecule has 4 aromatic rings. The number of nitrogens with one attached hydrogen (secondary N) is 1. The molecule has 0 unspecified atom stereocenters. The summed E-state index contributed by atoms with van der Waals surface area (Å²) >= 11 is 0. The number of hydrogen-bond donors (Lipinski definition) is 1. The highest BCUT2D eigenvalue weighted by atomic mass is 16.5. The number of benzene rings is 4. The van der Waals surface area contributed by atoms with Crippen LogP contribution in [-0.2, 0) is 13.2 Å². The maximum atomic E-state index is 13.3. The van der Waals surface area contributed by atoms with Crippen LogP contribution in [0, 0.1) is 0 Å². The number of rotatable bonds is 9. The summed E-state index contributed by atoms with van der Waals surface area (Å²) in [6.45, 7) is 4.97. The third kappa shape index (κ3) is 6.04. The first-order valence-electron chi connectivity index (χ1n) is 11.5. The standard InChI is InChI=1S/C30H29NO3/c1-22(2)26-18-27(30(32)31-25-16-10-5-11-17-25)29(34-21-24-14-8-4-9-15-24)19-28(26)33-20-23-12-6-3-7-13-23/h3-19,22H,20-21H2,1-2H3,(H,31,32). The molecule has 0 saturated heterocycles. The van der Waals surface area contributed by atoms with Crippen molar-refractivity contribution in [3.8, 4) is 11.5 Å². The van der Waals surface area contributed by atoms with Gasteiger partial charge in [-0.1, -0.05) is 92.7 Å². The quantitative estimate of drug-likeness (QED) is 0.292. The number of anilines is 1. The topological polar surface area (TPSA) is 47.6 Å². The maximum absolute atomic E-state index is 13.3. The van der Waals surface area contributed by atoms with E-state index in [1.807, 2.05) is 103 Å². The number of carbonyl (C=O) groups excluding carboxylic acids is 1. The van der Waals surface area contributed by atoms with Gasteiger partial charge in [-0.25, -0.2) is 0 Å². The zero-order valence-corrected chi connectivity index (χ0v) is 19.5. The summed E-state index contributed by atoms with van der Waals surface area (Å²) in [5, 5.41) is 2.98. The monoisotopic (exact) mass is 451 g/mol. The second kappa shape index (κ2) is 11.2. The highest BCUT2D eigenvalue weighted by molar-refractivity contribution is 6.06. The van der Waals surface area contributed by atoms with Crippen LogP contribution in [0.25, 0.3) is 0 Å². The molecule has 0 aliphatic carbocycles. The summed E-state index contributed by atoms with van der Waals surface area (Å²) in [6.07, 6.45) is 0. The van der Waals surface area contributed by atoms with E-state index >= 15 is 0 Å². The summed E-state index contributed by atoms with van der Waals surface area (Å²) in [4.78, 5) is 13.3. The minimum absolute atomic E-state index is 0.164. The lowest BCUT2D eigenvalue weighted by Gasteiger charge is -2.19. The second-order valence-electron chi connectivity index (χ2n) is 8.41. The Morgan fingerprint density at radius 3 is 1.74 bits per heavy atom. The van der Waals surface area contributed by atoms with Gasteiger partial charge in [-0.3, -0.25) is 4.79 Å². The maximum Gasteiger partial charge on any atom is 0.259 e. The van der Waals surface area contributed by atoms with Crippen molar-refractivity contribution in [1.82, 2.24) is 0 Å². The molecule has 0 atom stereocenters. The summed E-state index contributed by atoms with van der Waals surface area (Å²) in [6, 6.07) is 33.1. The first-order chi connectivity index (χ1) is 16.6. The summed E-state index contributed by atoms with van der Waals surface area (Å²) < 4.78 is 12.4. The molecule has 1 amide bonds. The van der Waals surface area contributed by atoms with E-state index in [2.05, 4.69) is 19.2 Å². The molecule has 0 aliphatic rings. The molecule has 0 fully saturated rings. The lowest BCUT2D eigenvalue weighted by Crippen LogP contribution is -2.15. The van der Waals surface area contributed by atoms with E-state index in [4.69, 9.17) is 9.47 Å². The van der Waals surface area contributed by atoms with Gasteiger partial charge in [0.15, 0.2) is 0 Å². The number of ether oxygens (including phenoxy) is 2. The number of hydrogen-bond acceptors (Lipinski definition) is 3. The Labute approximate surface area is 201 Å². The molecule has 0 aliphatic heterocycles. The van der Waals surface area contributed by atoms with Gasteiger partial charge in [0.05, 0.1) is 5.56 Å². The Kier molecular flexibility index (Phi) is 7.61. The van der Waals surface area contributed by atoms with Crippen LogP contribution in [0.3, 0.4) is 0 Å². The lowest BCUT2D eigenvalue weighted by atomic mass is 9.98. The average molecular weight is 452 g/mol. The fraction of sp³-hybridized carbons (Fsp3) is 0.167. The molecule has 0 aromatic heterocycles. The van der Waals surface area contributed by atoms with Crippen LogP contribution < -0.4 is 14.8 Å². The first kappa shape index (κ1) is 23.1. The summed E-state index contributed by atoms with van der Waals surface area (Å²) in [7, 11) is 0. The van der Waals surface area contributed by atoms with Crippen molar-refractivity contribution in [1.29, 1.82) is 0 Å². The van der Waals surface area contributed by atoms with E-state index in [0.717, 1.165) is 28.1 Å². The summed E-state index contributed by atoms with van der Waals surface area (Å²) in [5.74, 6) is 1.16. The molecule has 4 nitrogen and oxygen atoms in total. The fourth-order valence-electron chi connectivity index (χ4n) is 3.64. The Morgan fingerprint density at radius 1 is 0.706 bits per heavy atom. The molecule has 0 heterocycles. The van der Waals surface area contributed by atoms with E-state index < -0.39 is 0 Å². The van der Waals surface area contributed by atoms with Gasteiger partial charge in [0.2, 0.25) is 0 Å². The smallest absolute Gasteiger partial charge is 0.259 e. The Hall–Kier alpha value is -4.05. The van der Waals surface area contributed by atoms with Crippen molar-refractivity contribution < 1.29 is 14.3 Å². The minimum atomic E-state index is -0.217. The average Bonchev–Trinajstić information content (AvgIpc) is 2.87. The molecule has 0 saturated carbocycles. The molecule has 0 spiro atoms. The van der Waals surface area contributed by atoms with Crippen molar-refractivity contribution in [3.63, 3.8) is 0 Å². The molecule has 4 heteroatoms. The van der Waals surface area contributed by atoms with Crippen molar-refractivity contribution in [2.45, 2.75) is 33.0 Å². The molecule has 172 valence electrons. The molecule has 0 radical (unpaired) electrons. The van der Waals surface area contributed by atoms with Crippen molar-refractivity contribution in [2.75, 3.05) is 5.32 Å². The number of para-hydroxylation sites is 1. The number of carbonyl (C=O) groups is 1. The van der Waals surface area contributed by atoms with E-state index in [1.54, 1.807) is 0 Å². The SMILES string of the molecule is CC(C)c1cc(C(=O)Nc2ccccc2)c(OCc2ccccc2)cc1OCc1ccccc1. The van der Waals surface area contributed by atoms with Crippen LogP contribution in [0.2, 0.25) is 0 Å². The fourth-order valence-corrected chi connectivity index (χ4v) is 3.64. The van der Waals surface area contributed by atoms with E-state index in [0.29, 0.717) is 24.5 Å². The molecule has 34 heavy (non-hydrogen) atoms. The van der Waals surface area contributed by atoms with Gasteiger partial charge in [-0.15, -0.1) is 0 Å². The zero-order chi connectivity index (χ0) is 23.8. The Bertz CT molecular complexity index is 1210. The number of amides is 1. The van der Waals surface area contributed by atoms with Gasteiger partial charge < -0.3 is 14.8 Å². The predicted molar refractivity (Wildman–Crippen MR) is 136 cm³/mol. The van der Waals surface area contributed by atoms with E-state index in [-0.39, 0.29) is 11.8 Å². The van der Waals surface area contributed by atoms with Crippen LogP contribution in [0.15, 0.2) is 103 Å². The molecule has 4 rings (SSSR count). The third-order valence-corrected chi connectivity index (χ3v) is 5.48. The van der Waals surface area contributed by atoms with E-state index in [9.17, 15) is 4.79 Å². The Balaban J connectivity index is 1.66. The first-order valence-corrected chi connectivity index (χ1v) is 11.5. The van der Waals surface area contributed by atoms with Crippen LogP contribution in [-0.4, -0.2) is 5.91 Å². The highest BCUT2D eigenvalue weighted by Gasteiger charge is 2.20. The van der Waals surface area contributed by atoms with Gasteiger partial charge in [0.1, 0.15) is 24.7 Å². The molecule has 4 aromatic carbocycles. The van der Waals surface area contributed by atoms with Crippen LogP contribution >= 0.6 is 0 Å². The van der Waals surface area contributed by atoms with Gasteiger partial charge in [0.25, 0.3) is 5.91 Å². The van der Waals surface area contributed by atoms with Crippen molar-refractivity contribution in [2.24, 2.45) is 0 Å². The second-order valence-corrected chi connectivity index (χ2v) is 8.41. The largest absolute Gasteiger partial charge is 0.488 e. The van der Waals surface area contributed by atoms with Crippen LogP contribution in [0.4, 0.5) is 5.69 Å². The van der Waals surface area contributed by atoms with E-state index in [1.165, 1.54) is 0 Å². The molecular formula is C30H29NO3. The summed E-state index contributed by atoms with van der Waals surface area (Å²) in [5.41, 5.74) is 4.28. The van der Waals surface area contributed by atoms with Crippen molar-refractivity contribution >= 4 is 11.6 Å². The van der Waals surface area contributed by atoms with Gasteiger partial charge >= 0.3 is 0 Å². The normalized spacial score (nSPS) is 10.7. The molecule has 1 N–H and O–H groups in total. The zero-order valence-electron chi connectivity index (χ0n) is 19.5. The lowest BCUT2D eigenvalue weighted by molar-refractivity contribution is 0.102. The predicted octanol–water partition coefficient (Wildman–Crippen LogP) is 7.22. The van der Waals surface area contributed by atoms with Gasteiger partial charge in [0, 0.05) is 11.8 Å². The third-order valence-electron chi connectivity index (χ3n) is 5.48. The Morgan fingerprint density at radius 2 is 1.21 bits per heavy atom. The van der Waals surface area contributed by atoms with Crippen LogP contribution in [0.1, 0.15) is 46.8 Å². The minimum Gasteiger partial charge on any atom is -0.488 e. The van der Waals surface area contributed by atoms with Crippen LogP contribution in [0.5, 0.6) is 11.5 Å². The molecular weight excluding hydrogens is 422 g/mol. The van der Waals surface area contributed by atoms with Gasteiger partial charge in [-0.2, -0.15) is 0 Å². The van der Waals surface area contributed by atoms with Gasteiger partial charge in [-0.05, 0) is 40.8 Å². The van der Waals surface area contributed by atoms with Crippen molar-refractivity contribution in [3.05, 3.63) is 125 Å². The molecule has 0 bridgehead atoms. The highest BCUT2D eigenvalue weighted by Crippen LogP contribution is 2.35.